The van der Waals surface area contributed by atoms with E-state index in [-0.39, 0.29) is 37.4 Å². The van der Waals surface area contributed by atoms with E-state index in [1.165, 1.54) is 12.1 Å². The van der Waals surface area contributed by atoms with Gasteiger partial charge < -0.3 is 0 Å². The summed E-state index contributed by atoms with van der Waals surface area (Å²) >= 11 is 0. The molecular formula is C24H24F3N3O2S. The number of fused-ring (bicyclic) bond motifs is 1. The summed E-state index contributed by atoms with van der Waals surface area (Å²) in [6.07, 6.45) is 5.60. The Labute approximate surface area is 191 Å². The van der Waals surface area contributed by atoms with Gasteiger partial charge in [-0.05, 0) is 54.5 Å². The van der Waals surface area contributed by atoms with Crippen LogP contribution in [0.15, 0.2) is 48.7 Å². The lowest BCUT2D eigenvalue weighted by Gasteiger charge is -2.34. The Bertz CT molecular complexity index is 1210. The van der Waals surface area contributed by atoms with Crippen LogP contribution in [0.5, 0.6) is 0 Å². The molecule has 0 amide bonds. The molecule has 174 valence electrons. The molecule has 2 aromatic rings. The number of aromatic nitrogens is 1. The number of nitriles is 1. The average molecular weight is 476 g/mol. The zero-order valence-electron chi connectivity index (χ0n) is 18.0. The van der Waals surface area contributed by atoms with Crippen molar-refractivity contribution in [2.75, 3.05) is 6.26 Å². The average Bonchev–Trinajstić information content (AvgIpc) is 3.02. The Morgan fingerprint density at radius 2 is 2.00 bits per heavy atom. The van der Waals surface area contributed by atoms with Gasteiger partial charge in [-0.15, -0.1) is 0 Å². The Kier molecular flexibility index (Phi) is 6.10. The van der Waals surface area contributed by atoms with Gasteiger partial charge >= 0.3 is 0 Å². The van der Waals surface area contributed by atoms with E-state index in [0.29, 0.717) is 11.3 Å². The lowest BCUT2D eigenvalue weighted by molar-refractivity contribution is -0.0659. The standard InChI is InChI=1S/C24H24F3N3O2S/c1-33(31,32)30-23(15-28)12-18-13-24(26,27)10-9-21(18)22(23)8-7-20-6-5-17(14-29-20)16-3-2-4-19(25)11-16/h2-8,11,14,18,21-22,30H,9-10,12-13H2,1H3/t18-,21-,22+,23?/m1/s1. The molecule has 9 heteroatoms. The summed E-state index contributed by atoms with van der Waals surface area (Å²) < 4.78 is 68.1. The predicted octanol–water partition coefficient (Wildman–Crippen LogP) is 4.78. The molecule has 0 aliphatic heterocycles. The van der Waals surface area contributed by atoms with Crippen LogP contribution in [0.3, 0.4) is 0 Å². The van der Waals surface area contributed by atoms with E-state index >= 15 is 0 Å². The molecule has 2 saturated carbocycles. The van der Waals surface area contributed by atoms with Crippen LogP contribution < -0.4 is 4.72 Å². The minimum absolute atomic E-state index is 0.0395. The minimum atomic E-state index is -3.75. The first-order valence-electron chi connectivity index (χ1n) is 10.7. The second kappa shape index (κ2) is 8.58. The summed E-state index contributed by atoms with van der Waals surface area (Å²) in [5.74, 6) is -4.41. The van der Waals surface area contributed by atoms with Gasteiger partial charge in [0.25, 0.3) is 0 Å². The number of hydrogen-bond donors (Lipinski definition) is 1. The first-order chi connectivity index (χ1) is 15.5. The van der Waals surface area contributed by atoms with Crippen molar-refractivity contribution in [3.63, 3.8) is 0 Å². The lowest BCUT2D eigenvalue weighted by Crippen LogP contribution is -2.50. The van der Waals surface area contributed by atoms with Crippen LogP contribution in [0.1, 0.15) is 31.4 Å². The van der Waals surface area contributed by atoms with Gasteiger partial charge in [-0.3, -0.25) is 4.98 Å². The van der Waals surface area contributed by atoms with Gasteiger partial charge in [0.05, 0.1) is 18.0 Å². The van der Waals surface area contributed by atoms with E-state index in [4.69, 9.17) is 0 Å². The van der Waals surface area contributed by atoms with Crippen LogP contribution in [0.4, 0.5) is 13.2 Å². The Morgan fingerprint density at radius 1 is 1.21 bits per heavy atom. The second-order valence-corrected chi connectivity index (χ2v) is 10.8. The fourth-order valence-electron chi connectivity index (χ4n) is 5.30. The molecule has 1 heterocycles. The molecule has 1 N–H and O–H groups in total. The van der Waals surface area contributed by atoms with Crippen LogP contribution in [-0.2, 0) is 10.0 Å². The first kappa shape index (κ1) is 23.5. The largest absolute Gasteiger partial charge is 0.256 e. The van der Waals surface area contributed by atoms with Crippen molar-refractivity contribution in [2.24, 2.45) is 17.8 Å². The second-order valence-electron chi connectivity index (χ2n) is 9.05. The molecule has 33 heavy (non-hydrogen) atoms. The fraction of sp³-hybridized carbons (Fsp3) is 0.417. The molecule has 0 bridgehead atoms. The maximum atomic E-state index is 14.0. The molecule has 1 unspecified atom stereocenters. The van der Waals surface area contributed by atoms with Gasteiger partial charge in [0.2, 0.25) is 15.9 Å². The quantitative estimate of drug-likeness (QED) is 0.675. The van der Waals surface area contributed by atoms with Crippen LogP contribution in [0.2, 0.25) is 0 Å². The third-order valence-corrected chi connectivity index (χ3v) is 7.34. The van der Waals surface area contributed by atoms with Gasteiger partial charge in [-0.25, -0.2) is 21.6 Å². The van der Waals surface area contributed by atoms with E-state index in [1.807, 2.05) is 0 Å². The summed E-state index contributed by atoms with van der Waals surface area (Å²) in [6, 6.07) is 11.8. The highest BCUT2D eigenvalue weighted by atomic mass is 32.2. The third-order valence-electron chi connectivity index (χ3n) is 6.61. The zero-order chi connectivity index (χ0) is 23.9. The van der Waals surface area contributed by atoms with Crippen molar-refractivity contribution in [3.8, 4) is 17.2 Å². The number of nitrogens with zero attached hydrogens (tertiary/aromatic N) is 2. The minimum Gasteiger partial charge on any atom is -0.256 e. The van der Waals surface area contributed by atoms with Gasteiger partial charge in [-0.1, -0.05) is 24.3 Å². The van der Waals surface area contributed by atoms with Crippen LogP contribution in [0.25, 0.3) is 17.2 Å². The SMILES string of the molecule is CS(=O)(=O)NC1(C#N)C[C@@H]2CC(F)(F)CC[C@H]2[C@@H]1C=Cc1ccc(-c2cccc(F)c2)cn1. The monoisotopic (exact) mass is 475 g/mol. The summed E-state index contributed by atoms with van der Waals surface area (Å²) in [7, 11) is -3.75. The number of rotatable bonds is 5. The third kappa shape index (κ3) is 5.12. The topological polar surface area (TPSA) is 82.9 Å². The highest BCUT2D eigenvalue weighted by Gasteiger charge is 2.58. The summed E-state index contributed by atoms with van der Waals surface area (Å²) in [4.78, 5) is 4.37. The molecule has 4 atom stereocenters. The molecule has 5 nitrogen and oxygen atoms in total. The normalized spacial score (nSPS) is 29.0. The molecular weight excluding hydrogens is 451 g/mol. The fourth-order valence-corrected chi connectivity index (χ4v) is 6.22. The Morgan fingerprint density at radius 3 is 2.64 bits per heavy atom. The highest BCUT2D eigenvalue weighted by Crippen LogP contribution is 2.55. The van der Waals surface area contributed by atoms with E-state index in [2.05, 4.69) is 15.8 Å². The van der Waals surface area contributed by atoms with Crippen LogP contribution in [0, 0.1) is 34.9 Å². The van der Waals surface area contributed by atoms with Crippen LogP contribution in [-0.4, -0.2) is 31.1 Å². The summed E-state index contributed by atoms with van der Waals surface area (Å²) in [5, 5.41) is 9.96. The zero-order valence-corrected chi connectivity index (χ0v) is 18.8. The van der Waals surface area contributed by atoms with Gasteiger partial charge in [0.15, 0.2) is 0 Å². The number of alkyl halides is 2. The number of halogens is 3. The maximum absolute atomic E-state index is 14.0. The number of sulfonamides is 1. The number of hydrogen-bond acceptors (Lipinski definition) is 4. The van der Waals surface area contributed by atoms with E-state index in [0.717, 1.165) is 11.8 Å². The van der Waals surface area contributed by atoms with Crippen LogP contribution >= 0.6 is 0 Å². The number of pyridine rings is 1. The van der Waals surface area contributed by atoms with E-state index in [1.54, 1.807) is 42.6 Å². The van der Waals surface area contributed by atoms with Crippen molar-refractivity contribution in [1.29, 1.82) is 5.26 Å². The number of benzene rings is 1. The maximum Gasteiger partial charge on any atom is 0.248 e. The summed E-state index contributed by atoms with van der Waals surface area (Å²) in [6.45, 7) is 0. The van der Waals surface area contributed by atoms with Crippen molar-refractivity contribution in [1.82, 2.24) is 9.71 Å². The highest BCUT2D eigenvalue weighted by molar-refractivity contribution is 7.88. The van der Waals surface area contributed by atoms with Crippen molar-refractivity contribution in [3.05, 3.63) is 60.2 Å². The van der Waals surface area contributed by atoms with Gasteiger partial charge in [0.1, 0.15) is 11.4 Å². The van der Waals surface area contributed by atoms with E-state index < -0.39 is 33.3 Å². The Balaban J connectivity index is 1.62. The molecule has 2 aliphatic carbocycles. The summed E-state index contributed by atoms with van der Waals surface area (Å²) in [5.41, 5.74) is 0.486. The predicted molar refractivity (Wildman–Crippen MR) is 119 cm³/mol. The molecule has 2 aliphatic rings. The first-order valence-corrected chi connectivity index (χ1v) is 12.6. The van der Waals surface area contributed by atoms with Gasteiger partial charge in [0, 0.05) is 30.5 Å². The van der Waals surface area contributed by atoms with Crippen molar-refractivity contribution < 1.29 is 21.6 Å². The van der Waals surface area contributed by atoms with Crippen molar-refractivity contribution in [2.45, 2.75) is 37.1 Å². The van der Waals surface area contributed by atoms with Gasteiger partial charge in [-0.2, -0.15) is 9.98 Å². The molecule has 0 radical (unpaired) electrons. The molecule has 0 saturated heterocycles. The molecule has 2 fully saturated rings. The lowest BCUT2D eigenvalue weighted by atomic mass is 9.75. The molecule has 1 aromatic heterocycles. The Hall–Kier alpha value is -2.70. The van der Waals surface area contributed by atoms with E-state index in [9.17, 15) is 26.9 Å². The smallest absolute Gasteiger partial charge is 0.248 e. The molecule has 1 aromatic carbocycles. The molecule has 0 spiro atoms. The van der Waals surface area contributed by atoms with Crippen molar-refractivity contribution >= 4 is 16.1 Å². The molecule has 4 rings (SSSR count). The number of nitrogens with one attached hydrogen (secondary N) is 1.